The Labute approximate surface area is 119 Å². The monoisotopic (exact) mass is 272 g/mol. The fourth-order valence-corrected chi connectivity index (χ4v) is 2.23. The van der Waals surface area contributed by atoms with Crippen LogP contribution in [0.5, 0.6) is 0 Å². The molecule has 0 saturated heterocycles. The summed E-state index contributed by atoms with van der Waals surface area (Å²) in [5.74, 6) is 0.847. The molecule has 0 atom stereocenters. The second-order valence-electron chi connectivity index (χ2n) is 4.77. The largest absolute Gasteiger partial charge is 0.395 e. The maximum absolute atomic E-state index is 9.26. The molecule has 0 aliphatic carbocycles. The molecule has 0 amide bonds. The Morgan fingerprint density at radius 1 is 1.10 bits per heavy atom. The standard InChI is InChI=1S/C16H20N2O2/c1-13-9-15(12-20)10-17-16(13)18(7-8-19)11-14-5-3-2-4-6-14/h2-6,9-10,19-20H,7-8,11-12H2,1H3. The number of benzene rings is 1. The molecule has 20 heavy (non-hydrogen) atoms. The minimum atomic E-state index is -0.00714. The van der Waals surface area contributed by atoms with Crippen LogP contribution in [0.15, 0.2) is 42.6 Å². The number of rotatable bonds is 6. The van der Waals surface area contributed by atoms with E-state index in [9.17, 15) is 5.11 Å². The van der Waals surface area contributed by atoms with Crippen LogP contribution < -0.4 is 4.90 Å². The van der Waals surface area contributed by atoms with Crippen molar-refractivity contribution in [1.29, 1.82) is 0 Å². The van der Waals surface area contributed by atoms with Crippen LogP contribution in [-0.4, -0.2) is 28.3 Å². The van der Waals surface area contributed by atoms with Crippen molar-refractivity contribution in [2.24, 2.45) is 0 Å². The highest BCUT2D eigenvalue weighted by Gasteiger charge is 2.11. The average molecular weight is 272 g/mol. The van der Waals surface area contributed by atoms with Crippen molar-refractivity contribution in [1.82, 2.24) is 4.98 Å². The molecule has 0 spiro atoms. The molecule has 0 radical (unpaired) electrons. The Morgan fingerprint density at radius 2 is 1.85 bits per heavy atom. The first-order chi connectivity index (χ1) is 9.74. The molecule has 0 unspecified atom stereocenters. The summed E-state index contributed by atoms with van der Waals surface area (Å²) in [5, 5.41) is 18.4. The molecule has 1 heterocycles. The molecule has 0 fully saturated rings. The third kappa shape index (κ3) is 3.56. The highest BCUT2D eigenvalue weighted by molar-refractivity contribution is 5.48. The van der Waals surface area contributed by atoms with E-state index >= 15 is 0 Å². The average Bonchev–Trinajstić information content (AvgIpc) is 2.48. The number of aliphatic hydroxyl groups excluding tert-OH is 2. The van der Waals surface area contributed by atoms with E-state index in [1.165, 1.54) is 5.56 Å². The second-order valence-corrected chi connectivity index (χ2v) is 4.77. The molecule has 2 N–H and O–H groups in total. The Hall–Kier alpha value is -1.91. The van der Waals surface area contributed by atoms with Crippen molar-refractivity contribution in [2.45, 2.75) is 20.1 Å². The Morgan fingerprint density at radius 3 is 2.45 bits per heavy atom. The zero-order valence-electron chi connectivity index (χ0n) is 11.7. The summed E-state index contributed by atoms with van der Waals surface area (Å²) in [6.07, 6.45) is 1.68. The van der Waals surface area contributed by atoms with Crippen LogP contribution in [0.1, 0.15) is 16.7 Å². The molecule has 2 rings (SSSR count). The number of hydrogen-bond acceptors (Lipinski definition) is 4. The van der Waals surface area contributed by atoms with E-state index in [0.717, 1.165) is 16.9 Å². The minimum Gasteiger partial charge on any atom is -0.395 e. The lowest BCUT2D eigenvalue weighted by atomic mass is 10.1. The van der Waals surface area contributed by atoms with Crippen molar-refractivity contribution in [3.8, 4) is 0 Å². The topological polar surface area (TPSA) is 56.6 Å². The van der Waals surface area contributed by atoms with E-state index in [2.05, 4.69) is 17.1 Å². The molecule has 4 nitrogen and oxygen atoms in total. The smallest absolute Gasteiger partial charge is 0.131 e. The van der Waals surface area contributed by atoms with Crippen molar-refractivity contribution in [3.05, 3.63) is 59.3 Å². The van der Waals surface area contributed by atoms with Crippen LogP contribution in [0.4, 0.5) is 5.82 Å². The summed E-state index contributed by atoms with van der Waals surface area (Å²) in [5.41, 5.74) is 2.98. The second kappa shape index (κ2) is 7.03. The molecular formula is C16H20N2O2. The van der Waals surface area contributed by atoms with Crippen LogP contribution in [0, 0.1) is 6.92 Å². The van der Waals surface area contributed by atoms with Gasteiger partial charge < -0.3 is 15.1 Å². The van der Waals surface area contributed by atoms with Crippen LogP contribution in [-0.2, 0) is 13.2 Å². The molecule has 0 aliphatic heterocycles. The van der Waals surface area contributed by atoms with Crippen molar-refractivity contribution < 1.29 is 10.2 Å². The predicted octanol–water partition coefficient (Wildman–Crippen LogP) is 1.88. The quantitative estimate of drug-likeness (QED) is 0.843. The van der Waals surface area contributed by atoms with Gasteiger partial charge in [-0.1, -0.05) is 30.3 Å². The van der Waals surface area contributed by atoms with E-state index in [0.29, 0.717) is 13.1 Å². The third-order valence-corrected chi connectivity index (χ3v) is 3.18. The van der Waals surface area contributed by atoms with Gasteiger partial charge in [-0.05, 0) is 29.7 Å². The zero-order valence-corrected chi connectivity index (χ0v) is 11.7. The summed E-state index contributed by atoms with van der Waals surface area (Å²) in [6.45, 7) is 3.27. The zero-order chi connectivity index (χ0) is 14.4. The van der Waals surface area contributed by atoms with Crippen LogP contribution in [0.25, 0.3) is 0 Å². The van der Waals surface area contributed by atoms with Crippen molar-refractivity contribution in [3.63, 3.8) is 0 Å². The summed E-state index contributed by atoms with van der Waals surface area (Å²) in [4.78, 5) is 6.47. The van der Waals surface area contributed by atoms with Gasteiger partial charge in [0.15, 0.2) is 0 Å². The van der Waals surface area contributed by atoms with Crippen LogP contribution >= 0.6 is 0 Å². The predicted molar refractivity (Wildman–Crippen MR) is 79.5 cm³/mol. The Balaban J connectivity index is 2.24. The summed E-state index contributed by atoms with van der Waals surface area (Å²) in [6, 6.07) is 12.0. The van der Waals surface area contributed by atoms with E-state index in [-0.39, 0.29) is 13.2 Å². The first-order valence-corrected chi connectivity index (χ1v) is 6.70. The first-order valence-electron chi connectivity index (χ1n) is 6.70. The highest BCUT2D eigenvalue weighted by atomic mass is 16.3. The van der Waals surface area contributed by atoms with Gasteiger partial charge in [0.2, 0.25) is 0 Å². The molecule has 1 aromatic carbocycles. The van der Waals surface area contributed by atoms with Gasteiger partial charge in [-0.25, -0.2) is 4.98 Å². The van der Waals surface area contributed by atoms with E-state index in [4.69, 9.17) is 5.11 Å². The molecule has 0 bridgehead atoms. The number of nitrogens with zero attached hydrogens (tertiary/aromatic N) is 2. The SMILES string of the molecule is Cc1cc(CO)cnc1N(CCO)Cc1ccccc1. The third-order valence-electron chi connectivity index (χ3n) is 3.18. The molecular weight excluding hydrogens is 252 g/mol. The molecule has 106 valence electrons. The summed E-state index contributed by atoms with van der Waals surface area (Å²) in [7, 11) is 0. The minimum absolute atomic E-state index is 0.00714. The maximum Gasteiger partial charge on any atom is 0.131 e. The van der Waals surface area contributed by atoms with E-state index in [1.54, 1.807) is 6.20 Å². The van der Waals surface area contributed by atoms with Gasteiger partial charge in [0.25, 0.3) is 0 Å². The number of aromatic nitrogens is 1. The lowest BCUT2D eigenvalue weighted by Crippen LogP contribution is -2.27. The van der Waals surface area contributed by atoms with Gasteiger partial charge in [0.1, 0.15) is 5.82 Å². The maximum atomic E-state index is 9.26. The number of pyridine rings is 1. The van der Waals surface area contributed by atoms with E-state index < -0.39 is 0 Å². The molecule has 2 aromatic rings. The first kappa shape index (κ1) is 14.5. The van der Waals surface area contributed by atoms with Gasteiger partial charge in [-0.3, -0.25) is 0 Å². The molecule has 4 heteroatoms. The highest BCUT2D eigenvalue weighted by Crippen LogP contribution is 2.20. The number of hydrogen-bond donors (Lipinski definition) is 2. The lowest BCUT2D eigenvalue weighted by molar-refractivity contribution is 0.281. The number of aryl methyl sites for hydroxylation is 1. The molecule has 0 saturated carbocycles. The lowest BCUT2D eigenvalue weighted by Gasteiger charge is -2.24. The van der Waals surface area contributed by atoms with Crippen LogP contribution in [0.3, 0.4) is 0 Å². The molecule has 0 aliphatic rings. The fourth-order valence-electron chi connectivity index (χ4n) is 2.23. The van der Waals surface area contributed by atoms with Crippen molar-refractivity contribution in [2.75, 3.05) is 18.1 Å². The van der Waals surface area contributed by atoms with Crippen molar-refractivity contribution >= 4 is 5.82 Å². The fraction of sp³-hybridized carbons (Fsp3) is 0.312. The van der Waals surface area contributed by atoms with Gasteiger partial charge in [0, 0.05) is 19.3 Å². The number of aliphatic hydroxyl groups is 2. The van der Waals surface area contributed by atoms with Gasteiger partial charge in [0.05, 0.1) is 13.2 Å². The normalized spacial score (nSPS) is 10.6. The summed E-state index contributed by atoms with van der Waals surface area (Å²) < 4.78 is 0. The summed E-state index contributed by atoms with van der Waals surface area (Å²) >= 11 is 0. The Kier molecular flexibility index (Phi) is 5.09. The van der Waals surface area contributed by atoms with E-state index in [1.807, 2.05) is 36.1 Å². The van der Waals surface area contributed by atoms with Gasteiger partial charge >= 0.3 is 0 Å². The van der Waals surface area contributed by atoms with Crippen LogP contribution in [0.2, 0.25) is 0 Å². The molecule has 1 aromatic heterocycles. The van der Waals surface area contributed by atoms with Gasteiger partial charge in [-0.2, -0.15) is 0 Å². The number of anilines is 1. The van der Waals surface area contributed by atoms with Gasteiger partial charge in [-0.15, -0.1) is 0 Å². The Bertz CT molecular complexity index is 543.